The summed E-state index contributed by atoms with van der Waals surface area (Å²) in [6.07, 6.45) is 1.63. The topological polar surface area (TPSA) is 38.8 Å². The van der Waals surface area contributed by atoms with E-state index in [9.17, 15) is 4.79 Å². The SMILES string of the molecule is O=C([C@@H]1COCCO1)N1CCC[C@H]1c1ccc(Br)cc1. The highest BCUT2D eigenvalue weighted by molar-refractivity contribution is 9.10. The van der Waals surface area contributed by atoms with Crippen molar-refractivity contribution in [3.63, 3.8) is 0 Å². The van der Waals surface area contributed by atoms with Crippen LogP contribution in [0, 0.1) is 0 Å². The average Bonchev–Trinajstić information content (AvgIpc) is 2.97. The van der Waals surface area contributed by atoms with Crippen LogP contribution in [-0.4, -0.2) is 43.3 Å². The van der Waals surface area contributed by atoms with Crippen molar-refractivity contribution in [2.24, 2.45) is 0 Å². The zero-order valence-electron chi connectivity index (χ0n) is 11.3. The number of likely N-dealkylation sites (tertiary alicyclic amines) is 1. The van der Waals surface area contributed by atoms with Crippen LogP contribution in [0.2, 0.25) is 0 Å². The van der Waals surface area contributed by atoms with Gasteiger partial charge in [0.1, 0.15) is 0 Å². The second kappa shape index (κ2) is 6.24. The lowest BCUT2D eigenvalue weighted by molar-refractivity contribution is -0.158. The molecule has 1 aromatic rings. The molecule has 0 aliphatic carbocycles. The van der Waals surface area contributed by atoms with E-state index in [2.05, 4.69) is 28.1 Å². The lowest BCUT2D eigenvalue weighted by Crippen LogP contribution is -2.45. The molecule has 4 nitrogen and oxygen atoms in total. The third-order valence-corrected chi connectivity index (χ3v) is 4.41. The molecule has 2 aliphatic rings. The molecule has 108 valence electrons. The van der Waals surface area contributed by atoms with Crippen molar-refractivity contribution in [2.75, 3.05) is 26.4 Å². The lowest BCUT2D eigenvalue weighted by Gasteiger charge is -2.30. The van der Waals surface area contributed by atoms with E-state index >= 15 is 0 Å². The molecule has 5 heteroatoms. The van der Waals surface area contributed by atoms with E-state index in [-0.39, 0.29) is 11.9 Å². The molecule has 20 heavy (non-hydrogen) atoms. The van der Waals surface area contributed by atoms with E-state index in [1.54, 1.807) is 0 Å². The van der Waals surface area contributed by atoms with Gasteiger partial charge >= 0.3 is 0 Å². The Kier molecular flexibility index (Phi) is 4.38. The monoisotopic (exact) mass is 339 g/mol. The maximum Gasteiger partial charge on any atom is 0.254 e. The molecule has 0 saturated carbocycles. The van der Waals surface area contributed by atoms with Gasteiger partial charge in [-0.1, -0.05) is 28.1 Å². The normalized spacial score (nSPS) is 26.8. The van der Waals surface area contributed by atoms with Crippen LogP contribution in [0.3, 0.4) is 0 Å². The van der Waals surface area contributed by atoms with Crippen LogP contribution < -0.4 is 0 Å². The maximum absolute atomic E-state index is 12.6. The molecule has 0 aromatic heterocycles. The number of carbonyl (C=O) groups excluding carboxylic acids is 1. The molecule has 0 radical (unpaired) electrons. The molecule has 0 N–H and O–H groups in total. The summed E-state index contributed by atoms with van der Waals surface area (Å²) in [5.41, 5.74) is 1.19. The van der Waals surface area contributed by atoms with Crippen LogP contribution in [0.15, 0.2) is 28.7 Å². The summed E-state index contributed by atoms with van der Waals surface area (Å²) in [4.78, 5) is 14.5. The van der Waals surface area contributed by atoms with Crippen LogP contribution in [0.4, 0.5) is 0 Å². The van der Waals surface area contributed by atoms with Gasteiger partial charge in [0.2, 0.25) is 0 Å². The number of benzene rings is 1. The summed E-state index contributed by atoms with van der Waals surface area (Å²) in [6, 6.07) is 8.38. The number of nitrogens with zero attached hydrogens (tertiary/aromatic N) is 1. The van der Waals surface area contributed by atoms with Crippen LogP contribution in [0.25, 0.3) is 0 Å². The van der Waals surface area contributed by atoms with Gasteiger partial charge in [0.25, 0.3) is 5.91 Å². The number of hydrogen-bond acceptors (Lipinski definition) is 3. The Morgan fingerprint density at radius 3 is 2.75 bits per heavy atom. The maximum atomic E-state index is 12.6. The molecular weight excluding hydrogens is 322 g/mol. The Hall–Kier alpha value is -0.910. The number of halogens is 1. The van der Waals surface area contributed by atoms with Crippen molar-refractivity contribution in [2.45, 2.75) is 25.0 Å². The highest BCUT2D eigenvalue weighted by atomic mass is 79.9. The van der Waals surface area contributed by atoms with Crippen LogP contribution in [0.1, 0.15) is 24.4 Å². The van der Waals surface area contributed by atoms with E-state index in [0.29, 0.717) is 19.8 Å². The van der Waals surface area contributed by atoms with Crippen LogP contribution in [-0.2, 0) is 14.3 Å². The smallest absolute Gasteiger partial charge is 0.254 e. The van der Waals surface area contributed by atoms with Gasteiger partial charge in [-0.05, 0) is 30.5 Å². The Morgan fingerprint density at radius 2 is 2.05 bits per heavy atom. The molecule has 2 saturated heterocycles. The fourth-order valence-corrected chi connectivity index (χ4v) is 3.14. The first kappa shape index (κ1) is 14.0. The molecule has 0 unspecified atom stereocenters. The van der Waals surface area contributed by atoms with Crippen molar-refractivity contribution in [3.05, 3.63) is 34.3 Å². The van der Waals surface area contributed by atoms with Gasteiger partial charge in [-0.15, -0.1) is 0 Å². The minimum atomic E-state index is -0.431. The lowest BCUT2D eigenvalue weighted by atomic mass is 10.0. The number of amides is 1. The fraction of sp³-hybridized carbons (Fsp3) is 0.533. The van der Waals surface area contributed by atoms with E-state index in [4.69, 9.17) is 9.47 Å². The summed E-state index contributed by atoms with van der Waals surface area (Å²) in [6.45, 7) is 2.27. The summed E-state index contributed by atoms with van der Waals surface area (Å²) in [7, 11) is 0. The summed E-state index contributed by atoms with van der Waals surface area (Å²) >= 11 is 3.44. The summed E-state index contributed by atoms with van der Waals surface area (Å²) in [5, 5.41) is 0. The molecule has 1 aromatic carbocycles. The van der Waals surface area contributed by atoms with Crippen molar-refractivity contribution < 1.29 is 14.3 Å². The Balaban J connectivity index is 1.74. The quantitative estimate of drug-likeness (QED) is 0.831. The number of ether oxygens (including phenoxy) is 2. The zero-order chi connectivity index (χ0) is 13.9. The van der Waals surface area contributed by atoms with Crippen molar-refractivity contribution in [1.82, 2.24) is 4.90 Å². The third-order valence-electron chi connectivity index (χ3n) is 3.88. The Labute approximate surface area is 127 Å². The fourth-order valence-electron chi connectivity index (χ4n) is 2.88. The zero-order valence-corrected chi connectivity index (χ0v) is 12.8. The molecular formula is C15H18BrNO3. The van der Waals surface area contributed by atoms with Crippen molar-refractivity contribution in [3.8, 4) is 0 Å². The van der Waals surface area contributed by atoms with E-state index in [1.165, 1.54) is 5.56 Å². The van der Waals surface area contributed by atoms with E-state index in [1.807, 2.05) is 17.0 Å². The molecule has 3 rings (SSSR count). The molecule has 2 heterocycles. The predicted octanol–water partition coefficient (Wildman–Crippen LogP) is 2.53. The minimum Gasteiger partial charge on any atom is -0.376 e. The van der Waals surface area contributed by atoms with Gasteiger partial charge < -0.3 is 14.4 Å². The third kappa shape index (κ3) is 2.90. The van der Waals surface area contributed by atoms with Gasteiger partial charge in [0, 0.05) is 11.0 Å². The Morgan fingerprint density at radius 1 is 1.25 bits per heavy atom. The van der Waals surface area contributed by atoms with Gasteiger partial charge in [-0.3, -0.25) is 4.79 Å². The van der Waals surface area contributed by atoms with Gasteiger partial charge in [0.15, 0.2) is 6.10 Å². The second-order valence-corrected chi connectivity index (χ2v) is 6.09. The molecule has 2 aliphatic heterocycles. The first-order chi connectivity index (χ1) is 9.75. The van der Waals surface area contributed by atoms with E-state index < -0.39 is 6.10 Å². The standard InChI is InChI=1S/C15H18BrNO3/c16-12-5-3-11(4-6-12)13-2-1-7-17(13)15(18)14-10-19-8-9-20-14/h3-6,13-14H,1-2,7-10H2/t13-,14-/m0/s1. The molecule has 0 bridgehead atoms. The van der Waals surface area contributed by atoms with Crippen molar-refractivity contribution in [1.29, 1.82) is 0 Å². The largest absolute Gasteiger partial charge is 0.376 e. The average molecular weight is 340 g/mol. The van der Waals surface area contributed by atoms with E-state index in [0.717, 1.165) is 23.9 Å². The van der Waals surface area contributed by atoms with Gasteiger partial charge in [-0.2, -0.15) is 0 Å². The number of rotatable bonds is 2. The number of hydrogen-bond donors (Lipinski definition) is 0. The molecule has 1 amide bonds. The predicted molar refractivity (Wildman–Crippen MR) is 78.4 cm³/mol. The first-order valence-electron chi connectivity index (χ1n) is 7.01. The van der Waals surface area contributed by atoms with Crippen LogP contribution in [0.5, 0.6) is 0 Å². The second-order valence-electron chi connectivity index (χ2n) is 5.18. The highest BCUT2D eigenvalue weighted by Crippen LogP contribution is 2.33. The van der Waals surface area contributed by atoms with Crippen LogP contribution >= 0.6 is 15.9 Å². The highest BCUT2D eigenvalue weighted by Gasteiger charge is 2.35. The van der Waals surface area contributed by atoms with Gasteiger partial charge in [-0.25, -0.2) is 0 Å². The molecule has 2 fully saturated rings. The number of carbonyl (C=O) groups is 1. The molecule has 0 spiro atoms. The minimum absolute atomic E-state index is 0.0649. The summed E-state index contributed by atoms with van der Waals surface area (Å²) in [5.74, 6) is 0.0649. The molecule has 2 atom stereocenters. The summed E-state index contributed by atoms with van der Waals surface area (Å²) < 4.78 is 11.9. The first-order valence-corrected chi connectivity index (χ1v) is 7.80. The Bertz CT molecular complexity index is 471. The van der Waals surface area contributed by atoms with Crippen molar-refractivity contribution >= 4 is 21.8 Å². The van der Waals surface area contributed by atoms with Gasteiger partial charge in [0.05, 0.1) is 25.9 Å².